The van der Waals surface area contributed by atoms with E-state index in [4.69, 9.17) is 34.8 Å². The van der Waals surface area contributed by atoms with Gasteiger partial charge in [0.25, 0.3) is 0 Å². The molecule has 1 saturated heterocycles. The van der Waals surface area contributed by atoms with Crippen LogP contribution < -0.4 is 5.73 Å². The lowest BCUT2D eigenvalue weighted by molar-refractivity contribution is -0.291. The van der Waals surface area contributed by atoms with Gasteiger partial charge in [0.1, 0.15) is 6.10 Å². The molecule has 11 nitrogen and oxygen atoms in total. The van der Waals surface area contributed by atoms with Crippen LogP contribution in [0.15, 0.2) is 0 Å². The van der Waals surface area contributed by atoms with Gasteiger partial charge < -0.3 is 29.4 Å². The summed E-state index contributed by atoms with van der Waals surface area (Å²) in [5.41, 5.74) is 5.32. The molecule has 0 radical (unpaired) electrons. The fourth-order valence-electron chi connectivity index (χ4n) is 2.42. The van der Waals surface area contributed by atoms with E-state index in [9.17, 15) is 19.2 Å². The molecule has 1 heterocycles. The molecule has 5 atom stereocenters. The van der Waals surface area contributed by atoms with E-state index in [0.717, 1.165) is 39.5 Å². The van der Waals surface area contributed by atoms with E-state index < -0.39 is 54.6 Å². The van der Waals surface area contributed by atoms with Crippen LogP contribution in [-0.4, -0.2) is 65.5 Å². The molecule has 152 valence electrons. The molecule has 0 spiro atoms. The molecule has 0 aromatic carbocycles. The Kier molecular flexibility index (Phi) is 8.50. The summed E-state index contributed by atoms with van der Waals surface area (Å²) in [4.78, 5) is 46.0. The number of hydrogen-bond donors (Lipinski definition) is 2. The molecular formula is C15H22N2O9S. The summed E-state index contributed by atoms with van der Waals surface area (Å²) in [6, 6.07) is 0. The lowest BCUT2D eigenvalue weighted by Crippen LogP contribution is -2.62. The highest BCUT2D eigenvalue weighted by Gasteiger charge is 2.53. The molecule has 0 amide bonds. The maximum atomic E-state index is 11.6. The van der Waals surface area contributed by atoms with Crippen LogP contribution >= 0.6 is 11.8 Å². The number of nitrogens with one attached hydrogen (secondary N) is 1. The average Bonchev–Trinajstić information content (AvgIpc) is 2.49. The largest absolute Gasteiger partial charge is 0.456 e. The summed E-state index contributed by atoms with van der Waals surface area (Å²) in [6.45, 7) is 4.48. The number of thioether (sulfide) groups is 1. The van der Waals surface area contributed by atoms with Gasteiger partial charge in [-0.1, -0.05) is 11.8 Å². The number of nitrogens with two attached hydrogens (primary N) is 1. The Labute approximate surface area is 159 Å². The fourth-order valence-corrected chi connectivity index (χ4v) is 3.03. The van der Waals surface area contributed by atoms with Gasteiger partial charge in [-0.25, -0.2) is 0 Å². The summed E-state index contributed by atoms with van der Waals surface area (Å²) in [5, 5.41) is 7.09. The van der Waals surface area contributed by atoms with Gasteiger partial charge in [0.15, 0.2) is 17.4 Å². The van der Waals surface area contributed by atoms with Gasteiger partial charge in [0, 0.05) is 33.4 Å². The molecule has 0 unspecified atom stereocenters. The Hall–Kier alpha value is -2.34. The number of rotatable bonds is 6. The second-order valence-electron chi connectivity index (χ2n) is 5.55. The monoisotopic (exact) mass is 406 g/mol. The number of hydrogen-bond acceptors (Lipinski definition) is 11. The molecule has 12 heteroatoms. The molecule has 1 aliphatic rings. The number of amidine groups is 1. The van der Waals surface area contributed by atoms with Crippen molar-refractivity contribution in [2.45, 2.75) is 58.4 Å². The van der Waals surface area contributed by atoms with Crippen LogP contribution in [-0.2, 0) is 42.9 Å². The molecule has 1 fully saturated rings. The molecule has 1 aliphatic heterocycles. The maximum absolute atomic E-state index is 11.6. The number of ether oxygens (including phenoxy) is 5. The molecule has 0 aromatic heterocycles. The minimum atomic E-state index is -1.42. The van der Waals surface area contributed by atoms with Gasteiger partial charge in [0.05, 0.1) is 0 Å². The molecule has 27 heavy (non-hydrogen) atoms. The van der Waals surface area contributed by atoms with E-state index in [1.54, 1.807) is 0 Å². The highest BCUT2D eigenvalue weighted by molar-refractivity contribution is 8.13. The molecule has 0 aliphatic carbocycles. The van der Waals surface area contributed by atoms with E-state index in [2.05, 4.69) is 0 Å². The first-order chi connectivity index (χ1) is 12.5. The summed E-state index contributed by atoms with van der Waals surface area (Å²) < 4.78 is 26.2. The van der Waals surface area contributed by atoms with Crippen LogP contribution in [0.3, 0.4) is 0 Å². The molecule has 3 N–H and O–H groups in total. The summed E-state index contributed by atoms with van der Waals surface area (Å²) in [6.07, 6.45) is -6.23. The highest BCUT2D eigenvalue weighted by Crippen LogP contribution is 2.31. The standard InChI is InChI=1S/C15H22N2O9S/c1-6(18)22-11-10(5-27-15(16)17)26-14(25-9(4)21)13(24-8(3)20)12(11)23-7(2)19/h10-14H,5H2,1-4H3,(H3,16,17)/t10-,11+,12+,13+,14-/m0/s1. The normalized spacial score (nSPS) is 27.2. The molecule has 0 bridgehead atoms. The van der Waals surface area contributed by atoms with Crippen LogP contribution in [0.4, 0.5) is 0 Å². The fraction of sp³-hybridized carbons (Fsp3) is 0.667. The summed E-state index contributed by atoms with van der Waals surface area (Å²) in [5.74, 6) is -2.91. The van der Waals surface area contributed by atoms with Gasteiger partial charge >= 0.3 is 23.9 Å². The van der Waals surface area contributed by atoms with Gasteiger partial charge in [-0.3, -0.25) is 24.6 Å². The minimum Gasteiger partial charge on any atom is -0.456 e. The van der Waals surface area contributed by atoms with Crippen LogP contribution in [0.2, 0.25) is 0 Å². The van der Waals surface area contributed by atoms with Crippen molar-refractivity contribution in [3.8, 4) is 0 Å². The zero-order valence-electron chi connectivity index (χ0n) is 15.3. The third-order valence-corrected chi connectivity index (χ3v) is 3.99. The lowest BCUT2D eigenvalue weighted by atomic mass is 9.98. The van der Waals surface area contributed by atoms with Gasteiger partial charge in [-0.15, -0.1) is 0 Å². The Balaban J connectivity index is 3.29. The van der Waals surface area contributed by atoms with Gasteiger partial charge in [0.2, 0.25) is 12.4 Å². The van der Waals surface area contributed by atoms with Crippen molar-refractivity contribution in [2.75, 3.05) is 5.75 Å². The Morgan fingerprint density at radius 2 is 1.30 bits per heavy atom. The highest BCUT2D eigenvalue weighted by atomic mass is 32.2. The van der Waals surface area contributed by atoms with Crippen LogP contribution in [0, 0.1) is 5.41 Å². The average molecular weight is 406 g/mol. The van der Waals surface area contributed by atoms with Crippen molar-refractivity contribution < 1.29 is 42.9 Å². The van der Waals surface area contributed by atoms with Crippen molar-refractivity contribution in [1.29, 1.82) is 5.41 Å². The van der Waals surface area contributed by atoms with E-state index in [-0.39, 0.29) is 10.9 Å². The van der Waals surface area contributed by atoms with Crippen molar-refractivity contribution in [1.82, 2.24) is 0 Å². The minimum absolute atomic E-state index is 0.0234. The predicted octanol–water partition coefficient (Wildman–Crippen LogP) is -0.304. The number of carbonyl (C=O) groups excluding carboxylic acids is 4. The zero-order valence-corrected chi connectivity index (χ0v) is 16.1. The number of esters is 4. The van der Waals surface area contributed by atoms with Crippen molar-refractivity contribution >= 4 is 40.8 Å². The van der Waals surface area contributed by atoms with Crippen LogP contribution in [0.5, 0.6) is 0 Å². The Morgan fingerprint density at radius 3 is 1.74 bits per heavy atom. The second-order valence-corrected chi connectivity index (χ2v) is 6.61. The van der Waals surface area contributed by atoms with Crippen molar-refractivity contribution in [2.24, 2.45) is 5.73 Å². The third-order valence-electron chi connectivity index (χ3n) is 3.18. The molecule has 0 saturated carbocycles. The Morgan fingerprint density at radius 1 is 0.852 bits per heavy atom. The lowest BCUT2D eigenvalue weighted by Gasteiger charge is -2.43. The van der Waals surface area contributed by atoms with E-state index >= 15 is 0 Å². The molecule has 0 aromatic rings. The first kappa shape index (κ1) is 22.7. The topological polar surface area (TPSA) is 164 Å². The van der Waals surface area contributed by atoms with Crippen LogP contribution in [0.25, 0.3) is 0 Å². The quantitative estimate of drug-likeness (QED) is 0.257. The third kappa shape index (κ3) is 7.43. The maximum Gasteiger partial charge on any atom is 0.305 e. The van der Waals surface area contributed by atoms with E-state index in [1.165, 1.54) is 0 Å². The molecular weight excluding hydrogens is 384 g/mol. The summed E-state index contributed by atoms with van der Waals surface area (Å²) >= 11 is 0.882. The van der Waals surface area contributed by atoms with Gasteiger partial charge in [-0.2, -0.15) is 0 Å². The summed E-state index contributed by atoms with van der Waals surface area (Å²) in [7, 11) is 0. The SMILES string of the molecule is CC(=O)O[C@H]1O[C@@H](CSC(=N)N)[C@@H](OC(C)=O)[C@@H](OC(C)=O)[C@H]1OC(C)=O. The second kappa shape index (κ2) is 10.1. The smallest absolute Gasteiger partial charge is 0.305 e. The molecule has 1 rings (SSSR count). The van der Waals surface area contributed by atoms with Crippen molar-refractivity contribution in [3.63, 3.8) is 0 Å². The predicted molar refractivity (Wildman–Crippen MR) is 91.5 cm³/mol. The zero-order chi connectivity index (χ0) is 20.7. The van der Waals surface area contributed by atoms with Crippen molar-refractivity contribution in [3.05, 3.63) is 0 Å². The van der Waals surface area contributed by atoms with Gasteiger partial charge in [-0.05, 0) is 0 Å². The first-order valence-electron chi connectivity index (χ1n) is 7.82. The Bertz CT molecular complexity index is 612. The van der Waals surface area contributed by atoms with Crippen LogP contribution in [0.1, 0.15) is 27.7 Å². The van der Waals surface area contributed by atoms with E-state index in [1.807, 2.05) is 0 Å². The van der Waals surface area contributed by atoms with E-state index in [0.29, 0.717) is 0 Å². The number of carbonyl (C=O) groups is 4. The first-order valence-corrected chi connectivity index (χ1v) is 8.81.